The van der Waals surface area contributed by atoms with Crippen molar-refractivity contribution in [3.63, 3.8) is 0 Å². The lowest BCUT2D eigenvalue weighted by Gasteiger charge is -2.58. The second kappa shape index (κ2) is 10.2. The van der Waals surface area contributed by atoms with E-state index < -0.39 is 0 Å². The predicted octanol–water partition coefficient (Wildman–Crippen LogP) is 2.23. The Morgan fingerprint density at radius 2 is 1.92 bits per heavy atom. The van der Waals surface area contributed by atoms with Crippen molar-refractivity contribution in [2.45, 2.75) is 24.4 Å². The van der Waals surface area contributed by atoms with Crippen LogP contribution in [-0.2, 0) is 16.0 Å². The molecule has 0 aliphatic carbocycles. The number of ether oxygens (including phenoxy) is 1. The van der Waals surface area contributed by atoms with Crippen LogP contribution < -0.4 is 4.74 Å². The van der Waals surface area contributed by atoms with Gasteiger partial charge >= 0.3 is 0 Å². The fourth-order valence-electron chi connectivity index (χ4n) is 5.11. The molecule has 0 spiro atoms. The summed E-state index contributed by atoms with van der Waals surface area (Å²) >= 11 is 0. The molecule has 36 heavy (non-hydrogen) atoms. The van der Waals surface area contributed by atoms with E-state index >= 15 is 0 Å². The first-order valence-electron chi connectivity index (χ1n) is 11.9. The Hall–Kier alpha value is -4.15. The van der Waals surface area contributed by atoms with Crippen LogP contribution in [0.25, 0.3) is 0 Å². The lowest BCUT2D eigenvalue weighted by Crippen LogP contribution is -2.73. The maximum absolute atomic E-state index is 12.9. The lowest BCUT2D eigenvalue weighted by molar-refractivity contribution is -0.166. The summed E-state index contributed by atoms with van der Waals surface area (Å²) in [6.07, 6.45) is 3.55. The molecule has 1 N–H and O–H groups in total. The molecule has 2 aliphatic rings. The van der Waals surface area contributed by atoms with Gasteiger partial charge in [0.05, 0.1) is 38.8 Å². The van der Waals surface area contributed by atoms with Crippen LogP contribution in [-0.4, -0.2) is 70.6 Å². The number of methoxy groups -OCH3 is 1. The van der Waals surface area contributed by atoms with Crippen LogP contribution >= 0.6 is 0 Å². The molecule has 0 unspecified atom stereocenters. The van der Waals surface area contributed by atoms with Gasteiger partial charge in [-0.3, -0.25) is 14.6 Å². The number of piperazine rings is 1. The highest BCUT2D eigenvalue weighted by atomic mass is 16.5. The molecule has 7 nitrogen and oxygen atoms in total. The van der Waals surface area contributed by atoms with E-state index in [0.717, 1.165) is 28.0 Å². The second-order valence-electron chi connectivity index (χ2n) is 9.06. The van der Waals surface area contributed by atoms with E-state index in [1.165, 1.54) is 0 Å². The molecule has 3 atom stereocenters. The average Bonchev–Trinajstić information content (AvgIpc) is 2.90. The Bertz CT molecular complexity index is 1310. The number of rotatable bonds is 5. The van der Waals surface area contributed by atoms with Crippen LogP contribution in [0.1, 0.15) is 28.2 Å². The Morgan fingerprint density at radius 1 is 1.11 bits per heavy atom. The summed E-state index contributed by atoms with van der Waals surface area (Å²) in [6, 6.07) is 18.7. The van der Waals surface area contributed by atoms with E-state index in [4.69, 9.17) is 4.74 Å². The van der Waals surface area contributed by atoms with Gasteiger partial charge in [-0.05, 0) is 47.5 Å². The highest BCUT2D eigenvalue weighted by Gasteiger charge is 2.54. The Kier molecular flexibility index (Phi) is 6.70. The lowest BCUT2D eigenvalue weighted by atomic mass is 9.73. The number of fused-ring (bicyclic) bond motifs is 1. The Labute approximate surface area is 210 Å². The minimum absolute atomic E-state index is 0.0393. The van der Waals surface area contributed by atoms with Gasteiger partial charge < -0.3 is 19.6 Å². The van der Waals surface area contributed by atoms with Gasteiger partial charge in [-0.1, -0.05) is 36.1 Å². The van der Waals surface area contributed by atoms with Gasteiger partial charge in [0, 0.05) is 36.0 Å². The minimum Gasteiger partial charge on any atom is -0.497 e. The molecular weight excluding hydrogens is 454 g/mol. The van der Waals surface area contributed by atoms with Crippen LogP contribution in [0.15, 0.2) is 73.1 Å². The van der Waals surface area contributed by atoms with Crippen molar-refractivity contribution in [3.8, 4) is 17.6 Å². The number of amides is 2. The van der Waals surface area contributed by atoms with Gasteiger partial charge in [-0.2, -0.15) is 0 Å². The first kappa shape index (κ1) is 23.6. The van der Waals surface area contributed by atoms with Crippen molar-refractivity contribution in [3.05, 3.63) is 95.3 Å². The molecule has 2 aliphatic heterocycles. The maximum Gasteiger partial charge on any atom is 0.242 e. The van der Waals surface area contributed by atoms with Crippen molar-refractivity contribution in [2.24, 2.45) is 0 Å². The second-order valence-corrected chi connectivity index (χ2v) is 9.06. The number of aliphatic hydroxyl groups is 1. The van der Waals surface area contributed by atoms with E-state index in [9.17, 15) is 14.7 Å². The fourth-order valence-corrected chi connectivity index (χ4v) is 5.11. The summed E-state index contributed by atoms with van der Waals surface area (Å²) in [6.45, 7) is 0.370. The molecule has 1 aromatic heterocycles. The van der Waals surface area contributed by atoms with Crippen LogP contribution in [0.4, 0.5) is 0 Å². The molecule has 0 saturated carbocycles. The summed E-state index contributed by atoms with van der Waals surface area (Å²) in [5.74, 6) is 6.82. The number of carbonyl (C=O) groups is 2. The minimum atomic E-state index is -0.285. The maximum atomic E-state index is 12.9. The van der Waals surface area contributed by atoms with Gasteiger partial charge in [0.25, 0.3) is 0 Å². The standard InChI is InChI=1S/C29H27N3O4/c1-36-24-6-2-4-21(14-24)8-7-20-9-11-23(12-10-20)29-25-17-31(18-28(35)32(25)26(29)19-33)27(34)15-22-5-3-13-30-16-22/h2-6,9-14,16,25-26,29,33H,15,17-19H2,1H3/t25-,26+,29-/m0/s1. The average molecular weight is 482 g/mol. The third-order valence-electron chi connectivity index (χ3n) is 6.90. The molecule has 5 rings (SSSR count). The van der Waals surface area contributed by atoms with Gasteiger partial charge in [-0.15, -0.1) is 0 Å². The largest absolute Gasteiger partial charge is 0.497 e. The van der Waals surface area contributed by atoms with E-state index in [1.807, 2.05) is 54.6 Å². The fraction of sp³-hybridized carbons (Fsp3) is 0.276. The summed E-state index contributed by atoms with van der Waals surface area (Å²) in [7, 11) is 1.63. The van der Waals surface area contributed by atoms with Crippen LogP contribution in [0.5, 0.6) is 5.75 Å². The third-order valence-corrected chi connectivity index (χ3v) is 6.90. The zero-order valence-electron chi connectivity index (χ0n) is 20.0. The van der Waals surface area contributed by atoms with Gasteiger partial charge in [0.15, 0.2) is 0 Å². The Balaban J connectivity index is 1.30. The first-order chi connectivity index (χ1) is 17.6. The van der Waals surface area contributed by atoms with Gasteiger partial charge in [0.1, 0.15) is 5.75 Å². The van der Waals surface area contributed by atoms with Crippen LogP contribution in [0.2, 0.25) is 0 Å². The van der Waals surface area contributed by atoms with Crippen molar-refractivity contribution in [2.75, 3.05) is 26.8 Å². The van der Waals surface area contributed by atoms with Crippen molar-refractivity contribution < 1.29 is 19.4 Å². The molecule has 7 heteroatoms. The summed E-state index contributed by atoms with van der Waals surface area (Å²) in [5.41, 5.74) is 3.58. The van der Waals surface area contributed by atoms with E-state index in [0.29, 0.717) is 6.54 Å². The number of benzene rings is 2. The Morgan fingerprint density at radius 3 is 2.64 bits per heavy atom. The highest BCUT2D eigenvalue weighted by molar-refractivity contribution is 5.88. The number of hydrogen-bond donors (Lipinski definition) is 1. The highest BCUT2D eigenvalue weighted by Crippen LogP contribution is 2.43. The molecule has 182 valence electrons. The molecule has 2 aromatic carbocycles. The van der Waals surface area contributed by atoms with Crippen molar-refractivity contribution >= 4 is 11.8 Å². The number of pyridine rings is 1. The van der Waals surface area contributed by atoms with Gasteiger partial charge in [0.2, 0.25) is 11.8 Å². The smallest absolute Gasteiger partial charge is 0.242 e. The number of carbonyl (C=O) groups excluding carboxylic acids is 2. The molecule has 3 heterocycles. The van der Waals surface area contributed by atoms with Crippen LogP contribution in [0.3, 0.4) is 0 Å². The first-order valence-corrected chi connectivity index (χ1v) is 11.9. The molecule has 2 fully saturated rings. The number of hydrogen-bond acceptors (Lipinski definition) is 5. The zero-order valence-corrected chi connectivity index (χ0v) is 20.0. The van der Waals surface area contributed by atoms with Crippen LogP contribution in [0, 0.1) is 11.8 Å². The number of nitrogens with zero attached hydrogens (tertiary/aromatic N) is 3. The molecule has 3 aromatic rings. The van der Waals surface area contributed by atoms with Crippen molar-refractivity contribution in [1.29, 1.82) is 0 Å². The summed E-state index contributed by atoms with van der Waals surface area (Å²) in [5, 5.41) is 10.0. The molecule has 0 radical (unpaired) electrons. The number of aromatic nitrogens is 1. The summed E-state index contributed by atoms with van der Waals surface area (Å²) in [4.78, 5) is 33.2. The van der Waals surface area contributed by atoms with E-state index in [1.54, 1.807) is 35.4 Å². The quantitative estimate of drug-likeness (QED) is 0.565. The van der Waals surface area contributed by atoms with E-state index in [2.05, 4.69) is 16.8 Å². The normalized spacial score (nSPS) is 20.6. The molecular formula is C29H27N3O4. The zero-order chi connectivity index (χ0) is 25.1. The third kappa shape index (κ3) is 4.68. The summed E-state index contributed by atoms with van der Waals surface area (Å²) < 4.78 is 5.25. The molecule has 2 amide bonds. The van der Waals surface area contributed by atoms with Crippen molar-refractivity contribution in [1.82, 2.24) is 14.8 Å². The predicted molar refractivity (Wildman–Crippen MR) is 134 cm³/mol. The number of aliphatic hydroxyl groups excluding tert-OH is 1. The van der Waals surface area contributed by atoms with E-state index in [-0.39, 0.29) is 49.4 Å². The topological polar surface area (TPSA) is 83.0 Å². The van der Waals surface area contributed by atoms with Gasteiger partial charge in [-0.25, -0.2) is 0 Å². The SMILES string of the molecule is COc1cccc(C#Cc2ccc([C@@H]3[C@@H](CO)N4C(=O)CN(C(=O)Cc5cccnc5)C[C@@H]34)cc2)c1. The molecule has 2 saturated heterocycles. The monoisotopic (exact) mass is 481 g/mol. The molecule has 0 bridgehead atoms.